The summed E-state index contributed by atoms with van der Waals surface area (Å²) in [5.74, 6) is 0. The Labute approximate surface area is 236 Å². The van der Waals surface area contributed by atoms with E-state index < -0.39 is 0 Å². The molecule has 2 aromatic heterocycles. The van der Waals surface area contributed by atoms with Crippen molar-refractivity contribution >= 4 is 0 Å². The lowest BCUT2D eigenvalue weighted by molar-refractivity contribution is -0.688. The van der Waals surface area contributed by atoms with E-state index in [0.29, 0.717) is 0 Å². The average molecular weight is 521 g/mol. The molecule has 3 nitrogen and oxygen atoms in total. The van der Waals surface area contributed by atoms with Crippen LogP contribution in [-0.2, 0) is 19.6 Å². The molecule has 0 bridgehead atoms. The molecule has 0 amide bonds. The minimum atomic E-state index is 0.878. The van der Waals surface area contributed by atoms with Crippen LogP contribution in [0.1, 0.15) is 16.7 Å². The number of hydrogen-bond donors (Lipinski definition) is 1. The molecule has 0 radical (unpaired) electrons. The third-order valence-corrected chi connectivity index (χ3v) is 7.32. The first kappa shape index (κ1) is 25.4. The van der Waals surface area contributed by atoms with E-state index in [2.05, 4.69) is 173 Å². The normalized spacial score (nSPS) is 10.9. The Morgan fingerprint density at radius 1 is 0.400 bits per heavy atom. The second-order valence-electron chi connectivity index (χ2n) is 10.2. The maximum Gasteiger partial charge on any atom is 0.210 e. The van der Waals surface area contributed by atoms with Crippen LogP contribution in [0.4, 0.5) is 0 Å². The molecule has 4 aromatic carbocycles. The summed E-state index contributed by atoms with van der Waals surface area (Å²) >= 11 is 0. The summed E-state index contributed by atoms with van der Waals surface area (Å²) in [6.07, 6.45) is 8.57. The molecule has 0 spiro atoms. The van der Waals surface area contributed by atoms with Crippen LogP contribution in [-0.4, -0.2) is 0 Å². The summed E-state index contributed by atoms with van der Waals surface area (Å²) in [5.41, 5.74) is 10.1. The second-order valence-corrected chi connectivity index (χ2v) is 10.2. The van der Waals surface area contributed by atoms with Gasteiger partial charge in [0.05, 0.1) is 0 Å². The lowest BCUT2D eigenvalue weighted by atomic mass is 10.0. The van der Waals surface area contributed by atoms with Gasteiger partial charge in [0, 0.05) is 53.1 Å². The van der Waals surface area contributed by atoms with Gasteiger partial charge in [0.2, 0.25) is 5.69 Å². The fraction of sp³-hybridized carbons (Fsp3) is 0.0811. The van der Waals surface area contributed by atoms with Gasteiger partial charge in [-0.2, -0.15) is 4.57 Å². The number of nitrogens with zero attached hydrogens (tertiary/aromatic N) is 2. The van der Waals surface area contributed by atoms with Gasteiger partial charge in [-0.1, -0.05) is 84.9 Å². The zero-order valence-electron chi connectivity index (χ0n) is 22.6. The quantitative estimate of drug-likeness (QED) is 0.230. The van der Waals surface area contributed by atoms with Gasteiger partial charge in [0.1, 0.15) is 13.1 Å². The van der Waals surface area contributed by atoms with Crippen molar-refractivity contribution < 1.29 is 14.5 Å². The molecule has 0 unspecified atom stereocenters. The van der Waals surface area contributed by atoms with Gasteiger partial charge in [0.25, 0.3) is 0 Å². The Bertz CT molecular complexity index is 1630. The molecule has 2 heterocycles. The monoisotopic (exact) mass is 520 g/mol. The van der Waals surface area contributed by atoms with Gasteiger partial charge < -0.3 is 5.32 Å². The van der Waals surface area contributed by atoms with Crippen molar-refractivity contribution in [1.82, 2.24) is 0 Å². The zero-order chi connectivity index (χ0) is 27.0. The van der Waals surface area contributed by atoms with E-state index >= 15 is 0 Å². The summed E-state index contributed by atoms with van der Waals surface area (Å²) in [5, 5.41) is 2.35. The van der Waals surface area contributed by atoms with Crippen LogP contribution in [0.15, 0.2) is 158 Å². The van der Waals surface area contributed by atoms with Gasteiger partial charge in [0.15, 0.2) is 31.3 Å². The Kier molecular flexibility index (Phi) is 7.84. The average Bonchev–Trinajstić information content (AvgIpc) is 3.03. The predicted molar refractivity (Wildman–Crippen MR) is 160 cm³/mol. The number of hydrogen-bond acceptors (Lipinski definition) is 0. The fourth-order valence-corrected chi connectivity index (χ4v) is 5.02. The van der Waals surface area contributed by atoms with Crippen LogP contribution >= 0.6 is 0 Å². The van der Waals surface area contributed by atoms with E-state index in [-0.39, 0.29) is 0 Å². The molecular formula is C37H34N3+3. The van der Waals surface area contributed by atoms with Crippen LogP contribution in [0.25, 0.3) is 27.9 Å². The molecule has 0 saturated heterocycles. The SMILES string of the molecule is c1ccc(C[NH2+]Cc2ccc(-c3ccc(-[n+]4ccc(-c5cc[n+](Cc6ccccc6)cc5)cc4)cc3)cc2)cc1. The molecular weight excluding hydrogens is 486 g/mol. The molecule has 194 valence electrons. The number of benzene rings is 4. The summed E-state index contributed by atoms with van der Waals surface area (Å²) in [7, 11) is 0. The third-order valence-electron chi connectivity index (χ3n) is 7.32. The zero-order valence-corrected chi connectivity index (χ0v) is 22.6. The van der Waals surface area contributed by atoms with Crippen molar-refractivity contribution in [3.8, 4) is 27.9 Å². The van der Waals surface area contributed by atoms with Crippen LogP contribution in [0.3, 0.4) is 0 Å². The smallest absolute Gasteiger partial charge is 0.210 e. The van der Waals surface area contributed by atoms with Crippen molar-refractivity contribution in [2.75, 3.05) is 0 Å². The number of nitrogens with two attached hydrogens (primary N) is 1. The van der Waals surface area contributed by atoms with E-state index in [1.54, 1.807) is 0 Å². The Morgan fingerprint density at radius 2 is 0.850 bits per heavy atom. The van der Waals surface area contributed by atoms with Crippen molar-refractivity contribution in [3.05, 3.63) is 175 Å². The molecule has 2 N–H and O–H groups in total. The highest BCUT2D eigenvalue weighted by atomic mass is 14.9. The van der Waals surface area contributed by atoms with Gasteiger partial charge in [-0.15, -0.1) is 0 Å². The predicted octanol–water partition coefficient (Wildman–Crippen LogP) is 5.90. The standard InChI is InChI=1S/C37H33N3/c1-3-7-30(8-4-1)27-38-28-31-11-13-33(14-12-31)34-15-17-37(18-16-34)40-25-21-36(22-26-40)35-19-23-39(24-20-35)29-32-9-5-2-6-10-32/h1-26,38H,27-29H2/q+2/p+1. The lowest BCUT2D eigenvalue weighted by Gasteiger charge is -2.06. The molecule has 0 aliphatic carbocycles. The second kappa shape index (κ2) is 12.3. The largest absolute Gasteiger partial charge is 0.339 e. The molecule has 0 saturated carbocycles. The maximum absolute atomic E-state index is 2.35. The summed E-state index contributed by atoms with van der Waals surface area (Å²) < 4.78 is 4.37. The van der Waals surface area contributed by atoms with Gasteiger partial charge in [-0.3, -0.25) is 0 Å². The molecule has 0 aliphatic heterocycles. The number of quaternary nitrogens is 1. The number of aromatic nitrogens is 2. The highest BCUT2D eigenvalue weighted by Crippen LogP contribution is 2.21. The molecule has 6 aromatic rings. The molecule has 6 rings (SSSR count). The molecule has 0 fully saturated rings. The highest BCUT2D eigenvalue weighted by molar-refractivity contribution is 5.64. The van der Waals surface area contributed by atoms with Gasteiger partial charge >= 0.3 is 0 Å². The molecule has 3 heteroatoms. The highest BCUT2D eigenvalue weighted by Gasteiger charge is 2.09. The van der Waals surface area contributed by atoms with Crippen molar-refractivity contribution in [2.45, 2.75) is 19.6 Å². The lowest BCUT2D eigenvalue weighted by Crippen LogP contribution is -2.80. The van der Waals surface area contributed by atoms with Crippen molar-refractivity contribution in [3.63, 3.8) is 0 Å². The molecule has 0 atom stereocenters. The van der Waals surface area contributed by atoms with Crippen LogP contribution in [0.5, 0.6) is 0 Å². The molecule has 0 aliphatic rings. The van der Waals surface area contributed by atoms with Crippen LogP contribution in [0, 0.1) is 0 Å². The summed E-state index contributed by atoms with van der Waals surface area (Å²) in [6, 6.07) is 47.6. The Hall–Kier alpha value is -4.86. The Morgan fingerprint density at radius 3 is 1.43 bits per heavy atom. The topological polar surface area (TPSA) is 24.4 Å². The van der Waals surface area contributed by atoms with E-state index in [4.69, 9.17) is 0 Å². The fourth-order valence-electron chi connectivity index (χ4n) is 5.02. The van der Waals surface area contributed by atoms with E-state index in [1.165, 1.54) is 38.9 Å². The van der Waals surface area contributed by atoms with Crippen LogP contribution < -0.4 is 14.5 Å². The number of rotatable bonds is 9. The maximum atomic E-state index is 2.35. The third kappa shape index (κ3) is 6.40. The number of pyridine rings is 2. The first-order chi connectivity index (χ1) is 19.8. The minimum absolute atomic E-state index is 0.878. The van der Waals surface area contributed by atoms with Crippen LogP contribution in [0.2, 0.25) is 0 Å². The Balaban J connectivity index is 1.06. The summed E-state index contributed by atoms with van der Waals surface area (Å²) in [4.78, 5) is 0. The van der Waals surface area contributed by atoms with E-state index in [1.807, 2.05) is 0 Å². The van der Waals surface area contributed by atoms with E-state index in [9.17, 15) is 0 Å². The first-order valence-electron chi connectivity index (χ1n) is 13.9. The minimum Gasteiger partial charge on any atom is -0.339 e. The summed E-state index contributed by atoms with van der Waals surface area (Å²) in [6.45, 7) is 2.86. The van der Waals surface area contributed by atoms with Crippen molar-refractivity contribution in [2.24, 2.45) is 0 Å². The van der Waals surface area contributed by atoms with Crippen molar-refractivity contribution in [1.29, 1.82) is 0 Å². The van der Waals surface area contributed by atoms with Gasteiger partial charge in [-0.05, 0) is 34.4 Å². The molecule has 40 heavy (non-hydrogen) atoms. The van der Waals surface area contributed by atoms with E-state index in [0.717, 1.165) is 25.3 Å². The van der Waals surface area contributed by atoms with Gasteiger partial charge in [-0.25, -0.2) is 4.57 Å². The first-order valence-corrected chi connectivity index (χ1v) is 13.9.